The van der Waals surface area contributed by atoms with E-state index in [1.165, 1.54) is 178 Å². The maximum Gasteiger partial charge on any atom is 0.305 e. The Morgan fingerprint density at radius 2 is 0.754 bits per heavy atom. The molecule has 0 spiro atoms. The average Bonchev–Trinajstić information content (AvgIpc) is 3.68. The number of esters is 1. The first-order chi connectivity index (χ1) is 29.8. The Hall–Kier alpha value is -3.65. The summed E-state index contributed by atoms with van der Waals surface area (Å²) >= 11 is 0. The molecule has 2 nitrogen and oxygen atoms in total. The smallest absolute Gasteiger partial charge is 0.305 e. The third-order valence-corrected chi connectivity index (χ3v) is 14.7. The molecule has 330 valence electrons. The Morgan fingerprint density at radius 1 is 0.410 bits per heavy atom. The van der Waals surface area contributed by atoms with E-state index in [0.717, 1.165) is 32.1 Å². The Labute approximate surface area is 373 Å². The van der Waals surface area contributed by atoms with Gasteiger partial charge < -0.3 is 4.74 Å². The van der Waals surface area contributed by atoms with Crippen LogP contribution in [0.3, 0.4) is 0 Å². The standard InChI is InChI=1S/C59H82O2/c1-7-11-15-18-21-24-36-58(37-25-22-19-16-12-8-2)53-41-45(5)28-32-49(53)51-34-30-47(43-55(51)58)48-31-35-52-50-33-29-46(6)42-54(50)59(56(52)44-48,38-23-20-17-13-9-3)39-26-27-57(60)61-40-14-10-4/h28-35,41-44H,7-27,36-40H2,1-6H3. The topological polar surface area (TPSA) is 26.3 Å². The molecule has 1 unspecified atom stereocenters. The molecule has 2 heteroatoms. The van der Waals surface area contributed by atoms with Crippen LogP contribution in [0.25, 0.3) is 33.4 Å². The number of carbonyl (C=O) groups is 1. The highest BCUT2D eigenvalue weighted by molar-refractivity contribution is 5.87. The first-order valence-corrected chi connectivity index (χ1v) is 25.5. The zero-order valence-electron chi connectivity index (χ0n) is 39.6. The predicted octanol–water partition coefficient (Wildman–Crippen LogP) is 17.9. The highest BCUT2D eigenvalue weighted by atomic mass is 16.5. The van der Waals surface area contributed by atoms with Crippen molar-refractivity contribution in [2.24, 2.45) is 0 Å². The molecule has 0 saturated carbocycles. The highest BCUT2D eigenvalue weighted by Crippen LogP contribution is 2.57. The third-order valence-electron chi connectivity index (χ3n) is 14.7. The largest absolute Gasteiger partial charge is 0.466 e. The van der Waals surface area contributed by atoms with Crippen molar-refractivity contribution in [3.8, 4) is 33.4 Å². The van der Waals surface area contributed by atoms with Crippen molar-refractivity contribution in [2.45, 2.75) is 213 Å². The van der Waals surface area contributed by atoms with Gasteiger partial charge in [-0.25, -0.2) is 0 Å². The fourth-order valence-electron chi connectivity index (χ4n) is 11.3. The molecule has 0 amide bonds. The van der Waals surface area contributed by atoms with Gasteiger partial charge >= 0.3 is 5.97 Å². The second kappa shape index (κ2) is 23.2. The quantitative estimate of drug-likeness (QED) is 0.0421. The van der Waals surface area contributed by atoms with Gasteiger partial charge in [0.05, 0.1) is 6.61 Å². The Balaban J connectivity index is 1.40. The van der Waals surface area contributed by atoms with E-state index >= 15 is 0 Å². The van der Waals surface area contributed by atoms with Crippen LogP contribution in [-0.4, -0.2) is 12.6 Å². The Kier molecular flexibility index (Phi) is 17.8. The molecular weight excluding hydrogens is 741 g/mol. The molecule has 0 N–H and O–H groups in total. The maximum atomic E-state index is 13.0. The van der Waals surface area contributed by atoms with Gasteiger partial charge in [-0.3, -0.25) is 4.79 Å². The van der Waals surface area contributed by atoms with Gasteiger partial charge in [-0.05, 0) is 120 Å². The summed E-state index contributed by atoms with van der Waals surface area (Å²) in [4.78, 5) is 13.0. The van der Waals surface area contributed by atoms with Crippen LogP contribution in [0.4, 0.5) is 0 Å². The van der Waals surface area contributed by atoms with E-state index in [4.69, 9.17) is 4.74 Å². The van der Waals surface area contributed by atoms with E-state index in [9.17, 15) is 4.79 Å². The van der Waals surface area contributed by atoms with Crippen molar-refractivity contribution in [1.82, 2.24) is 0 Å². The summed E-state index contributed by atoms with van der Waals surface area (Å²) in [5, 5.41) is 0. The molecule has 0 fully saturated rings. The molecule has 2 aliphatic rings. The minimum Gasteiger partial charge on any atom is -0.466 e. The minimum absolute atomic E-state index is 0.0392. The predicted molar refractivity (Wildman–Crippen MR) is 263 cm³/mol. The summed E-state index contributed by atoms with van der Waals surface area (Å²) in [5.74, 6) is -0.0392. The Bertz CT molecular complexity index is 1980. The lowest BCUT2D eigenvalue weighted by Crippen LogP contribution is -2.26. The zero-order chi connectivity index (χ0) is 43.1. The van der Waals surface area contributed by atoms with E-state index in [1.807, 2.05) is 0 Å². The SMILES string of the molecule is CCCCCCCCC1(CCCCCCCC)c2cc(C)ccc2-c2ccc(-c3ccc4c(c3)C(CCCCCCC)(CCCC(=O)OCCCC)c3cc(C)ccc3-4)cc21. The van der Waals surface area contributed by atoms with Gasteiger partial charge in [0.1, 0.15) is 0 Å². The van der Waals surface area contributed by atoms with E-state index in [2.05, 4.69) is 114 Å². The average molecular weight is 823 g/mol. The molecule has 6 rings (SSSR count). The molecule has 0 radical (unpaired) electrons. The summed E-state index contributed by atoms with van der Waals surface area (Å²) < 4.78 is 5.68. The summed E-state index contributed by atoms with van der Waals surface area (Å²) in [6.07, 6.45) is 30.2. The minimum atomic E-state index is -0.119. The van der Waals surface area contributed by atoms with E-state index in [1.54, 1.807) is 11.1 Å². The molecular formula is C59H82O2. The number of benzene rings is 4. The molecule has 4 aromatic rings. The number of carbonyl (C=O) groups excluding carboxylic acids is 1. The zero-order valence-corrected chi connectivity index (χ0v) is 39.6. The first kappa shape index (κ1) is 46.8. The van der Waals surface area contributed by atoms with Crippen LogP contribution in [0.15, 0.2) is 72.8 Å². The molecule has 61 heavy (non-hydrogen) atoms. The number of hydrogen-bond donors (Lipinski definition) is 0. The maximum absolute atomic E-state index is 13.0. The second-order valence-electron chi connectivity index (χ2n) is 19.4. The molecule has 0 saturated heterocycles. The molecule has 0 aliphatic heterocycles. The Morgan fingerprint density at radius 3 is 1.16 bits per heavy atom. The van der Waals surface area contributed by atoms with Crippen LogP contribution in [0.2, 0.25) is 0 Å². The van der Waals surface area contributed by atoms with Gasteiger partial charge in [0, 0.05) is 17.3 Å². The van der Waals surface area contributed by atoms with Crippen molar-refractivity contribution in [1.29, 1.82) is 0 Å². The summed E-state index contributed by atoms with van der Waals surface area (Å²) in [6.45, 7) is 14.2. The lowest BCUT2D eigenvalue weighted by Gasteiger charge is -2.34. The van der Waals surface area contributed by atoms with Gasteiger partial charge in [-0.1, -0.05) is 215 Å². The number of ether oxygens (including phenoxy) is 1. The summed E-state index contributed by atoms with van der Waals surface area (Å²) in [7, 11) is 0. The van der Waals surface area contributed by atoms with E-state index < -0.39 is 0 Å². The number of rotatable bonds is 28. The molecule has 0 heterocycles. The van der Waals surface area contributed by atoms with Crippen LogP contribution in [0.5, 0.6) is 0 Å². The number of unbranched alkanes of at least 4 members (excludes halogenated alkanes) is 15. The van der Waals surface area contributed by atoms with Gasteiger partial charge in [-0.2, -0.15) is 0 Å². The van der Waals surface area contributed by atoms with Crippen LogP contribution < -0.4 is 0 Å². The highest BCUT2D eigenvalue weighted by Gasteiger charge is 2.44. The summed E-state index contributed by atoms with van der Waals surface area (Å²) in [5.41, 5.74) is 17.2. The monoisotopic (exact) mass is 823 g/mol. The molecule has 0 aromatic heterocycles. The number of aryl methyl sites for hydroxylation is 2. The van der Waals surface area contributed by atoms with Crippen molar-refractivity contribution in [3.05, 3.63) is 106 Å². The van der Waals surface area contributed by atoms with Crippen molar-refractivity contribution < 1.29 is 9.53 Å². The van der Waals surface area contributed by atoms with E-state index in [-0.39, 0.29) is 16.8 Å². The lowest BCUT2D eigenvalue weighted by molar-refractivity contribution is -0.143. The van der Waals surface area contributed by atoms with Crippen molar-refractivity contribution >= 4 is 5.97 Å². The van der Waals surface area contributed by atoms with Crippen molar-refractivity contribution in [3.63, 3.8) is 0 Å². The van der Waals surface area contributed by atoms with Crippen LogP contribution in [0.1, 0.15) is 222 Å². The second-order valence-corrected chi connectivity index (χ2v) is 19.4. The van der Waals surface area contributed by atoms with Gasteiger partial charge in [0.15, 0.2) is 0 Å². The molecule has 0 bridgehead atoms. The lowest BCUT2D eigenvalue weighted by atomic mass is 9.69. The fourth-order valence-corrected chi connectivity index (χ4v) is 11.3. The number of hydrogen-bond acceptors (Lipinski definition) is 2. The van der Waals surface area contributed by atoms with Crippen LogP contribution in [-0.2, 0) is 20.4 Å². The normalized spacial score (nSPS) is 15.7. The van der Waals surface area contributed by atoms with Gasteiger partial charge in [-0.15, -0.1) is 0 Å². The van der Waals surface area contributed by atoms with Crippen LogP contribution >= 0.6 is 0 Å². The number of fused-ring (bicyclic) bond motifs is 6. The van der Waals surface area contributed by atoms with Crippen LogP contribution in [0, 0.1) is 13.8 Å². The van der Waals surface area contributed by atoms with Gasteiger partial charge in [0.2, 0.25) is 0 Å². The van der Waals surface area contributed by atoms with Crippen molar-refractivity contribution in [2.75, 3.05) is 6.61 Å². The van der Waals surface area contributed by atoms with E-state index in [0.29, 0.717) is 13.0 Å². The van der Waals surface area contributed by atoms with Gasteiger partial charge in [0.25, 0.3) is 0 Å². The third kappa shape index (κ3) is 11.1. The molecule has 2 aliphatic carbocycles. The first-order valence-electron chi connectivity index (χ1n) is 25.5. The fraction of sp³-hybridized carbons (Fsp3) is 0.576. The summed E-state index contributed by atoms with van der Waals surface area (Å²) in [6, 6.07) is 29.5. The molecule has 4 aromatic carbocycles. The molecule has 1 atom stereocenters.